The van der Waals surface area contributed by atoms with Gasteiger partial charge < -0.3 is 5.11 Å². The predicted molar refractivity (Wildman–Crippen MR) is 124 cm³/mol. The van der Waals surface area contributed by atoms with Gasteiger partial charge in [0.05, 0.1) is 11.1 Å². The lowest BCUT2D eigenvalue weighted by molar-refractivity contribution is -0.133. The molecule has 2 aromatic rings. The highest BCUT2D eigenvalue weighted by Gasteiger charge is 2.58. The summed E-state index contributed by atoms with van der Waals surface area (Å²) in [6.07, 6.45) is 10.4. The van der Waals surface area contributed by atoms with E-state index in [0.29, 0.717) is 24.2 Å². The van der Waals surface area contributed by atoms with E-state index in [1.807, 2.05) is 31.2 Å². The van der Waals surface area contributed by atoms with Gasteiger partial charge in [0.2, 0.25) is 0 Å². The lowest BCUT2D eigenvalue weighted by atomic mass is 9.49. The molecule has 0 saturated heterocycles. The number of Topliss-reactive ketones (excluding diaryl/α,β-unsaturated/α-hetero) is 1. The lowest BCUT2D eigenvalue weighted by Gasteiger charge is -2.56. The highest BCUT2D eigenvalue weighted by molar-refractivity contribution is 5.84. The van der Waals surface area contributed by atoms with Crippen LogP contribution in [0.5, 0.6) is 0 Å². The molecule has 1 unspecified atom stereocenters. The Morgan fingerprint density at radius 1 is 1.03 bits per heavy atom. The summed E-state index contributed by atoms with van der Waals surface area (Å²) in [7, 11) is 0. The summed E-state index contributed by atoms with van der Waals surface area (Å²) in [4.78, 5) is 13.6. The zero-order chi connectivity index (χ0) is 22.1. The molecule has 0 aliphatic heterocycles. The van der Waals surface area contributed by atoms with Gasteiger partial charge in [0, 0.05) is 5.92 Å². The molecule has 1 N–H and O–H groups in total. The van der Waals surface area contributed by atoms with E-state index < -0.39 is 5.60 Å². The largest absolute Gasteiger partial charge is 0.390 e. The summed E-state index contributed by atoms with van der Waals surface area (Å²) in [5.74, 6) is 4.30. The van der Waals surface area contributed by atoms with Gasteiger partial charge in [0.25, 0.3) is 0 Å². The smallest absolute Gasteiger partial charge is 0.157 e. The molecule has 5 nitrogen and oxygen atoms in total. The Hall–Kier alpha value is -1.75. The van der Waals surface area contributed by atoms with E-state index in [2.05, 4.69) is 17.2 Å². The van der Waals surface area contributed by atoms with Gasteiger partial charge in [-0.15, -0.1) is 5.10 Å². The van der Waals surface area contributed by atoms with Crippen molar-refractivity contribution >= 4 is 16.8 Å². The summed E-state index contributed by atoms with van der Waals surface area (Å²) < 4.78 is 1.80. The minimum Gasteiger partial charge on any atom is -0.390 e. The normalized spacial score (nSPS) is 43.5. The fraction of sp³-hybridized carbons (Fsp3) is 0.741. The van der Waals surface area contributed by atoms with Crippen LogP contribution in [0.2, 0.25) is 0 Å². The number of hydrogen-bond donors (Lipinski definition) is 1. The second-order valence-corrected chi connectivity index (χ2v) is 12.1. The molecule has 0 amide bonds. The molecule has 4 fully saturated rings. The molecule has 6 rings (SSSR count). The fourth-order valence-corrected chi connectivity index (χ4v) is 8.90. The van der Waals surface area contributed by atoms with Crippen molar-refractivity contribution < 1.29 is 9.90 Å². The molecule has 4 saturated carbocycles. The summed E-state index contributed by atoms with van der Waals surface area (Å²) in [6, 6.07) is 7.92. The number of hydrogen-bond acceptors (Lipinski definition) is 4. The average molecular weight is 436 g/mol. The molecule has 4 aliphatic carbocycles. The first-order valence-electron chi connectivity index (χ1n) is 12.9. The maximum atomic E-state index is 13.6. The third kappa shape index (κ3) is 3.18. The van der Waals surface area contributed by atoms with Crippen LogP contribution < -0.4 is 0 Å². The van der Waals surface area contributed by atoms with Gasteiger partial charge in [-0.1, -0.05) is 24.3 Å². The van der Waals surface area contributed by atoms with E-state index in [4.69, 9.17) is 0 Å². The van der Waals surface area contributed by atoms with Gasteiger partial charge in [-0.25, -0.2) is 4.68 Å². The summed E-state index contributed by atoms with van der Waals surface area (Å²) in [5, 5.41) is 19.1. The molecular weight excluding hydrogens is 398 g/mol. The highest BCUT2D eigenvalue weighted by Crippen LogP contribution is 2.64. The number of ketones is 1. The van der Waals surface area contributed by atoms with Crippen LogP contribution in [0.3, 0.4) is 0 Å². The highest BCUT2D eigenvalue weighted by atomic mass is 16.3. The minimum absolute atomic E-state index is 0.141. The topological polar surface area (TPSA) is 68.0 Å². The number of nitrogens with zero attached hydrogens (tertiary/aromatic N) is 3. The van der Waals surface area contributed by atoms with Crippen molar-refractivity contribution in [3.63, 3.8) is 0 Å². The molecule has 8 atom stereocenters. The van der Waals surface area contributed by atoms with Crippen molar-refractivity contribution in [1.82, 2.24) is 15.0 Å². The maximum absolute atomic E-state index is 13.6. The zero-order valence-corrected chi connectivity index (χ0v) is 19.5. The second kappa shape index (κ2) is 7.38. The molecule has 0 radical (unpaired) electrons. The Morgan fingerprint density at radius 2 is 1.84 bits per heavy atom. The first-order valence-corrected chi connectivity index (χ1v) is 12.9. The van der Waals surface area contributed by atoms with Crippen molar-refractivity contribution in [3.05, 3.63) is 24.3 Å². The molecule has 1 aromatic carbocycles. The molecule has 172 valence electrons. The molecule has 0 spiro atoms. The van der Waals surface area contributed by atoms with Crippen LogP contribution in [-0.4, -0.2) is 31.5 Å². The first-order chi connectivity index (χ1) is 15.4. The summed E-state index contributed by atoms with van der Waals surface area (Å²) in [5.41, 5.74) is 1.50. The van der Waals surface area contributed by atoms with Gasteiger partial charge >= 0.3 is 0 Å². The number of aliphatic hydroxyl groups is 1. The van der Waals surface area contributed by atoms with Crippen molar-refractivity contribution in [2.24, 2.45) is 40.9 Å². The van der Waals surface area contributed by atoms with E-state index in [9.17, 15) is 9.90 Å². The van der Waals surface area contributed by atoms with E-state index in [-0.39, 0.29) is 11.3 Å². The lowest BCUT2D eigenvalue weighted by Crippen LogP contribution is -2.51. The standard InChI is InChI=1S/C27H37N3O2/c1-26(32)13-11-18-17(15-26)7-8-20-19(18)12-14-27(2)21(20)9-10-22(27)25(31)16-30-24-6-4-3-5-23(24)28-29-30/h3-6,17-22,32H,7-16H2,1-2H3/t17?,18-,19+,20+,21-,22+,26+,27-/m0/s1. The number of rotatable bonds is 3. The van der Waals surface area contributed by atoms with E-state index in [1.165, 1.54) is 38.5 Å². The Bertz CT molecular complexity index is 1030. The Labute approximate surface area is 191 Å². The number of aromatic nitrogens is 3. The van der Waals surface area contributed by atoms with Gasteiger partial charge in [-0.2, -0.15) is 0 Å². The Kier molecular flexibility index (Phi) is 4.80. The third-order valence-electron chi connectivity index (χ3n) is 10.4. The van der Waals surface area contributed by atoms with Crippen LogP contribution in [0, 0.1) is 40.9 Å². The SMILES string of the molecule is C[C@@]1(O)CC[C@H]2C(CC[C@@H]3[C@@H]2CC[C@]2(C)[C@@H](C(=O)Cn4nnc5ccccc54)CC[C@@H]32)C1. The van der Waals surface area contributed by atoms with Gasteiger partial charge in [0.1, 0.15) is 12.1 Å². The van der Waals surface area contributed by atoms with E-state index >= 15 is 0 Å². The van der Waals surface area contributed by atoms with Crippen molar-refractivity contribution in [3.8, 4) is 0 Å². The Balaban J connectivity index is 1.20. The van der Waals surface area contributed by atoms with Crippen molar-refractivity contribution in [1.29, 1.82) is 0 Å². The molecule has 1 heterocycles. The summed E-state index contributed by atoms with van der Waals surface area (Å²) in [6.45, 7) is 4.82. The average Bonchev–Trinajstić information content (AvgIpc) is 3.33. The summed E-state index contributed by atoms with van der Waals surface area (Å²) >= 11 is 0. The molecule has 4 aliphatic rings. The molecular formula is C27H37N3O2. The number of para-hydroxylation sites is 1. The van der Waals surface area contributed by atoms with Crippen LogP contribution in [0.4, 0.5) is 0 Å². The number of carbonyl (C=O) groups is 1. The first kappa shape index (κ1) is 20.8. The minimum atomic E-state index is -0.451. The van der Waals surface area contributed by atoms with E-state index in [1.54, 1.807) is 4.68 Å². The maximum Gasteiger partial charge on any atom is 0.157 e. The third-order valence-corrected chi connectivity index (χ3v) is 10.4. The van der Waals surface area contributed by atoms with Gasteiger partial charge in [-0.3, -0.25) is 4.79 Å². The number of benzene rings is 1. The van der Waals surface area contributed by atoms with Crippen LogP contribution >= 0.6 is 0 Å². The molecule has 0 bridgehead atoms. The van der Waals surface area contributed by atoms with Gasteiger partial charge in [0.15, 0.2) is 5.78 Å². The molecule has 32 heavy (non-hydrogen) atoms. The molecule has 5 heteroatoms. The Morgan fingerprint density at radius 3 is 2.72 bits per heavy atom. The zero-order valence-electron chi connectivity index (χ0n) is 19.5. The van der Waals surface area contributed by atoms with Crippen molar-refractivity contribution in [2.75, 3.05) is 0 Å². The predicted octanol–water partition coefficient (Wildman–Crippen LogP) is 5.02. The fourth-order valence-electron chi connectivity index (χ4n) is 8.90. The van der Waals surface area contributed by atoms with Crippen LogP contribution in [0.25, 0.3) is 11.0 Å². The van der Waals surface area contributed by atoms with Crippen LogP contribution in [0.1, 0.15) is 71.6 Å². The van der Waals surface area contributed by atoms with Gasteiger partial charge in [-0.05, 0) is 112 Å². The van der Waals surface area contributed by atoms with Crippen molar-refractivity contribution in [2.45, 2.75) is 83.8 Å². The van der Waals surface area contributed by atoms with E-state index in [0.717, 1.165) is 48.0 Å². The van der Waals surface area contributed by atoms with Crippen LogP contribution in [0.15, 0.2) is 24.3 Å². The number of carbonyl (C=O) groups excluding carboxylic acids is 1. The monoisotopic (exact) mass is 435 g/mol. The number of fused-ring (bicyclic) bond motifs is 6. The van der Waals surface area contributed by atoms with Crippen LogP contribution in [-0.2, 0) is 11.3 Å². The quantitative estimate of drug-likeness (QED) is 0.735. The molecule has 1 aromatic heterocycles. The second-order valence-electron chi connectivity index (χ2n) is 12.1.